The van der Waals surface area contributed by atoms with Crippen molar-refractivity contribution >= 4 is 11.3 Å². The van der Waals surface area contributed by atoms with Crippen molar-refractivity contribution in [1.29, 1.82) is 0 Å². The molecule has 1 N–H and O–H groups in total. The van der Waals surface area contributed by atoms with Gasteiger partial charge in [-0.2, -0.15) is 0 Å². The molecule has 2 aromatic heterocycles. The van der Waals surface area contributed by atoms with Gasteiger partial charge in [0.25, 0.3) is 0 Å². The Kier molecular flexibility index (Phi) is 5.38. The molecule has 0 spiro atoms. The maximum absolute atomic E-state index is 5.58. The minimum Gasteiger partial charge on any atom is -0.469 e. The number of nitrogens with one attached hydrogen (secondary N) is 1. The molecule has 0 amide bonds. The van der Waals surface area contributed by atoms with E-state index in [0.29, 0.717) is 6.04 Å². The van der Waals surface area contributed by atoms with Gasteiger partial charge in [0, 0.05) is 29.3 Å². The monoisotopic (exact) mass is 292 g/mol. The Morgan fingerprint density at radius 3 is 2.75 bits per heavy atom. The highest BCUT2D eigenvalue weighted by molar-refractivity contribution is 7.11. The lowest BCUT2D eigenvalue weighted by molar-refractivity contribution is 0.481. The van der Waals surface area contributed by atoms with Gasteiger partial charge in [-0.3, -0.25) is 0 Å². The molecular formula is C16H24N2OS. The second-order valence-corrected chi connectivity index (χ2v) is 6.40. The number of aromatic nitrogens is 1. The van der Waals surface area contributed by atoms with Crippen LogP contribution >= 0.6 is 11.3 Å². The lowest BCUT2D eigenvalue weighted by Gasteiger charge is -2.17. The van der Waals surface area contributed by atoms with Gasteiger partial charge in [0.05, 0.1) is 17.0 Å². The maximum Gasteiger partial charge on any atom is 0.108 e. The molecule has 2 rings (SSSR count). The lowest BCUT2D eigenvalue weighted by atomic mass is 10.0. The van der Waals surface area contributed by atoms with Crippen molar-refractivity contribution in [2.45, 2.75) is 53.0 Å². The molecule has 0 saturated heterocycles. The van der Waals surface area contributed by atoms with E-state index in [2.05, 4.69) is 44.1 Å². The third kappa shape index (κ3) is 3.49. The normalized spacial score (nSPS) is 12.8. The first-order chi connectivity index (χ1) is 9.65. The molecule has 3 nitrogen and oxygen atoms in total. The third-order valence-corrected chi connectivity index (χ3v) is 4.66. The van der Waals surface area contributed by atoms with Crippen LogP contribution in [0.1, 0.15) is 53.2 Å². The van der Waals surface area contributed by atoms with E-state index in [-0.39, 0.29) is 0 Å². The molecule has 20 heavy (non-hydrogen) atoms. The number of hydrogen-bond acceptors (Lipinski definition) is 4. The minimum absolute atomic E-state index is 0.300. The summed E-state index contributed by atoms with van der Waals surface area (Å²) in [5.41, 5.74) is 2.44. The number of furan rings is 1. The van der Waals surface area contributed by atoms with Crippen molar-refractivity contribution in [3.05, 3.63) is 39.2 Å². The molecule has 0 aliphatic rings. The molecule has 110 valence electrons. The summed E-state index contributed by atoms with van der Waals surface area (Å²) >= 11 is 1.81. The zero-order valence-corrected chi connectivity index (χ0v) is 13.6. The van der Waals surface area contributed by atoms with Gasteiger partial charge in [0.1, 0.15) is 5.76 Å². The van der Waals surface area contributed by atoms with E-state index in [1.807, 2.05) is 0 Å². The van der Waals surface area contributed by atoms with Gasteiger partial charge in [-0.1, -0.05) is 13.8 Å². The zero-order valence-electron chi connectivity index (χ0n) is 12.8. The van der Waals surface area contributed by atoms with Crippen molar-refractivity contribution in [1.82, 2.24) is 10.3 Å². The molecule has 0 bridgehead atoms. The van der Waals surface area contributed by atoms with Gasteiger partial charge in [0.15, 0.2) is 0 Å². The van der Waals surface area contributed by atoms with Crippen LogP contribution < -0.4 is 5.32 Å². The Labute approximate surface area is 125 Å². The molecule has 0 radical (unpaired) electrons. The summed E-state index contributed by atoms with van der Waals surface area (Å²) in [4.78, 5) is 5.99. The molecule has 2 aromatic rings. The topological polar surface area (TPSA) is 38.1 Å². The molecule has 0 saturated carbocycles. The number of nitrogens with zero attached hydrogens (tertiary/aromatic N) is 1. The van der Waals surface area contributed by atoms with E-state index in [9.17, 15) is 0 Å². The Morgan fingerprint density at radius 2 is 2.15 bits per heavy atom. The van der Waals surface area contributed by atoms with E-state index < -0.39 is 0 Å². The molecule has 1 atom stereocenters. The first-order valence-electron chi connectivity index (χ1n) is 7.38. The van der Waals surface area contributed by atoms with Crippen LogP contribution in [0.3, 0.4) is 0 Å². The predicted octanol–water partition coefficient (Wildman–Crippen LogP) is 4.20. The van der Waals surface area contributed by atoms with E-state index in [0.717, 1.165) is 37.3 Å². The van der Waals surface area contributed by atoms with Crippen LogP contribution in [-0.4, -0.2) is 11.5 Å². The van der Waals surface area contributed by atoms with E-state index in [1.54, 1.807) is 17.6 Å². The molecule has 0 fully saturated rings. The molecular weight excluding hydrogens is 268 g/mol. The first kappa shape index (κ1) is 15.3. The molecule has 2 heterocycles. The van der Waals surface area contributed by atoms with Crippen molar-refractivity contribution in [3.8, 4) is 0 Å². The first-order valence-corrected chi connectivity index (χ1v) is 8.19. The maximum atomic E-state index is 5.58. The van der Waals surface area contributed by atoms with Crippen LogP contribution in [0.4, 0.5) is 0 Å². The number of hydrogen-bond donors (Lipinski definition) is 1. The summed E-state index contributed by atoms with van der Waals surface area (Å²) in [6, 6.07) is 2.40. The fourth-order valence-corrected chi connectivity index (χ4v) is 3.34. The van der Waals surface area contributed by atoms with E-state index in [4.69, 9.17) is 4.42 Å². The molecule has 0 aromatic carbocycles. The Balaban J connectivity index is 2.19. The van der Waals surface area contributed by atoms with Gasteiger partial charge in [-0.25, -0.2) is 4.98 Å². The second-order valence-electron chi connectivity index (χ2n) is 5.11. The third-order valence-electron chi connectivity index (χ3n) is 3.57. The van der Waals surface area contributed by atoms with E-state index >= 15 is 0 Å². The van der Waals surface area contributed by atoms with Gasteiger partial charge in [-0.05, 0) is 32.9 Å². The Morgan fingerprint density at radius 1 is 1.35 bits per heavy atom. The second kappa shape index (κ2) is 7.04. The molecule has 0 aliphatic carbocycles. The van der Waals surface area contributed by atoms with Crippen molar-refractivity contribution < 1.29 is 4.42 Å². The fraction of sp³-hybridized carbons (Fsp3) is 0.562. The highest BCUT2D eigenvalue weighted by atomic mass is 32.1. The largest absolute Gasteiger partial charge is 0.469 e. The Bertz CT molecular complexity index is 525. The van der Waals surface area contributed by atoms with Crippen LogP contribution in [0.5, 0.6) is 0 Å². The highest BCUT2D eigenvalue weighted by Crippen LogP contribution is 2.26. The van der Waals surface area contributed by atoms with Crippen LogP contribution in [0.15, 0.2) is 16.7 Å². The van der Waals surface area contributed by atoms with Crippen LogP contribution in [0, 0.1) is 13.8 Å². The van der Waals surface area contributed by atoms with Gasteiger partial charge in [0.2, 0.25) is 0 Å². The van der Waals surface area contributed by atoms with Crippen LogP contribution in [0.25, 0.3) is 0 Å². The number of aryl methyl sites for hydroxylation is 3. The van der Waals surface area contributed by atoms with E-state index in [1.165, 1.54) is 15.4 Å². The predicted molar refractivity (Wildman–Crippen MR) is 84.4 cm³/mol. The Hall–Kier alpha value is -1.13. The fourth-order valence-electron chi connectivity index (χ4n) is 2.36. The lowest BCUT2D eigenvalue weighted by Crippen LogP contribution is -2.24. The summed E-state index contributed by atoms with van der Waals surface area (Å²) in [5.74, 6) is 1.09. The minimum atomic E-state index is 0.300. The number of thiazole rings is 1. The SMILES string of the molecule is CCCNC(Cc1nc(C)c(C)s1)c1ccoc1CC. The standard InChI is InChI=1S/C16H24N2OS/c1-5-8-17-14(13-7-9-19-15(13)6-2)10-16-18-11(3)12(4)20-16/h7,9,14,17H,5-6,8,10H2,1-4H3. The van der Waals surface area contributed by atoms with Gasteiger partial charge in [-0.15, -0.1) is 11.3 Å². The highest BCUT2D eigenvalue weighted by Gasteiger charge is 2.19. The number of rotatable bonds is 7. The van der Waals surface area contributed by atoms with Crippen molar-refractivity contribution in [3.63, 3.8) is 0 Å². The van der Waals surface area contributed by atoms with Gasteiger partial charge >= 0.3 is 0 Å². The van der Waals surface area contributed by atoms with Crippen molar-refractivity contribution in [2.75, 3.05) is 6.54 Å². The summed E-state index contributed by atoms with van der Waals surface area (Å²) in [6.45, 7) is 9.57. The van der Waals surface area contributed by atoms with Crippen LogP contribution in [-0.2, 0) is 12.8 Å². The summed E-state index contributed by atoms with van der Waals surface area (Å²) < 4.78 is 5.58. The zero-order chi connectivity index (χ0) is 14.5. The van der Waals surface area contributed by atoms with Crippen molar-refractivity contribution in [2.24, 2.45) is 0 Å². The smallest absolute Gasteiger partial charge is 0.108 e. The quantitative estimate of drug-likeness (QED) is 0.831. The van der Waals surface area contributed by atoms with Gasteiger partial charge < -0.3 is 9.73 Å². The molecule has 0 aliphatic heterocycles. The average Bonchev–Trinajstić information content (AvgIpc) is 3.02. The van der Waals surface area contributed by atoms with Crippen LogP contribution in [0.2, 0.25) is 0 Å². The summed E-state index contributed by atoms with van der Waals surface area (Å²) in [6.07, 6.45) is 4.80. The molecule has 4 heteroatoms. The summed E-state index contributed by atoms with van der Waals surface area (Å²) in [5, 5.41) is 4.84. The summed E-state index contributed by atoms with van der Waals surface area (Å²) in [7, 11) is 0. The molecule has 1 unspecified atom stereocenters. The average molecular weight is 292 g/mol.